The molecule has 1 atom stereocenters. The number of phenols is 1. The molecule has 7 heteroatoms. The number of aromatic hydroxyl groups is 1. The van der Waals surface area contributed by atoms with Crippen LogP contribution in [0.3, 0.4) is 0 Å². The molecule has 0 aliphatic heterocycles. The van der Waals surface area contributed by atoms with E-state index in [2.05, 4.69) is 21.2 Å². The summed E-state index contributed by atoms with van der Waals surface area (Å²) in [5.41, 5.74) is 0.00785. The predicted octanol–water partition coefficient (Wildman–Crippen LogP) is 3.25. The number of hydrogen-bond donors (Lipinski definition) is 2. The van der Waals surface area contributed by atoms with Crippen molar-refractivity contribution in [2.75, 3.05) is 6.61 Å². The molecule has 0 saturated carbocycles. The maximum atomic E-state index is 11.9. The summed E-state index contributed by atoms with van der Waals surface area (Å²) >= 11 is 4.74. The van der Waals surface area contributed by atoms with Crippen LogP contribution in [0, 0.1) is 0 Å². The van der Waals surface area contributed by atoms with Gasteiger partial charge in [0.2, 0.25) is 0 Å². The summed E-state index contributed by atoms with van der Waals surface area (Å²) in [6.45, 7) is 1.45. The molecule has 0 aliphatic rings. The van der Waals surface area contributed by atoms with Crippen LogP contribution in [0.4, 0.5) is 0 Å². The van der Waals surface area contributed by atoms with E-state index in [1.807, 2.05) is 24.4 Å². The minimum Gasteiger partial charge on any atom is -0.507 e. The van der Waals surface area contributed by atoms with Crippen LogP contribution >= 0.6 is 27.3 Å². The first-order valence-electron chi connectivity index (χ1n) is 6.46. The Morgan fingerprint density at radius 2 is 2.18 bits per heavy atom. The predicted molar refractivity (Wildman–Crippen MR) is 87.0 cm³/mol. The Labute approximate surface area is 140 Å². The molecule has 2 N–H and O–H groups in total. The molecule has 116 valence electrons. The number of carbonyl (C=O) groups is 2. The molecule has 1 heterocycles. The number of amides is 1. The van der Waals surface area contributed by atoms with Gasteiger partial charge in [0.05, 0.1) is 6.04 Å². The van der Waals surface area contributed by atoms with Gasteiger partial charge in [-0.3, -0.25) is 4.79 Å². The van der Waals surface area contributed by atoms with Crippen LogP contribution < -0.4 is 5.32 Å². The first kappa shape index (κ1) is 16.5. The van der Waals surface area contributed by atoms with E-state index in [4.69, 9.17) is 4.74 Å². The van der Waals surface area contributed by atoms with Gasteiger partial charge < -0.3 is 15.2 Å². The highest BCUT2D eigenvalue weighted by molar-refractivity contribution is 9.10. The quantitative estimate of drug-likeness (QED) is 0.776. The summed E-state index contributed by atoms with van der Waals surface area (Å²) in [6.07, 6.45) is 0. The van der Waals surface area contributed by atoms with E-state index in [0.717, 1.165) is 4.88 Å². The second-order valence-electron chi connectivity index (χ2n) is 4.54. The Morgan fingerprint density at radius 3 is 2.86 bits per heavy atom. The van der Waals surface area contributed by atoms with Gasteiger partial charge in [0.15, 0.2) is 6.61 Å². The molecule has 22 heavy (non-hydrogen) atoms. The van der Waals surface area contributed by atoms with Crippen molar-refractivity contribution in [1.29, 1.82) is 0 Å². The number of rotatable bonds is 5. The smallest absolute Gasteiger partial charge is 0.342 e. The Hall–Kier alpha value is -1.86. The van der Waals surface area contributed by atoms with Gasteiger partial charge in [0.25, 0.3) is 5.91 Å². The summed E-state index contributed by atoms with van der Waals surface area (Å²) in [5.74, 6) is -1.35. The molecule has 5 nitrogen and oxygen atoms in total. The molecule has 2 rings (SSSR count). The number of ether oxygens (including phenoxy) is 1. The molecular formula is C15H14BrNO4S. The lowest BCUT2D eigenvalue weighted by Crippen LogP contribution is -2.30. The normalized spacial score (nSPS) is 11.7. The fourth-order valence-electron chi connectivity index (χ4n) is 1.77. The van der Waals surface area contributed by atoms with Crippen LogP contribution in [0.15, 0.2) is 40.2 Å². The number of esters is 1. The molecule has 1 aromatic heterocycles. The van der Waals surface area contributed by atoms with E-state index in [-0.39, 0.29) is 17.4 Å². The second-order valence-corrected chi connectivity index (χ2v) is 6.44. The van der Waals surface area contributed by atoms with Gasteiger partial charge in [0, 0.05) is 9.35 Å². The first-order chi connectivity index (χ1) is 10.5. The van der Waals surface area contributed by atoms with E-state index in [9.17, 15) is 14.7 Å². The van der Waals surface area contributed by atoms with Gasteiger partial charge in [0.1, 0.15) is 11.3 Å². The largest absolute Gasteiger partial charge is 0.507 e. The van der Waals surface area contributed by atoms with Crippen LogP contribution in [-0.2, 0) is 9.53 Å². The van der Waals surface area contributed by atoms with E-state index in [1.165, 1.54) is 23.5 Å². The lowest BCUT2D eigenvalue weighted by Gasteiger charge is -2.12. The molecule has 1 unspecified atom stereocenters. The highest BCUT2D eigenvalue weighted by atomic mass is 79.9. The van der Waals surface area contributed by atoms with Crippen molar-refractivity contribution in [2.24, 2.45) is 0 Å². The average Bonchev–Trinajstić information content (AvgIpc) is 3.01. The topological polar surface area (TPSA) is 75.6 Å². The zero-order valence-electron chi connectivity index (χ0n) is 11.7. The Balaban J connectivity index is 1.88. The molecule has 0 aliphatic carbocycles. The standard InChI is InChI=1S/C15H14BrNO4S/c1-9(13-3-2-6-22-13)17-14(19)8-21-15(20)11-7-10(16)4-5-12(11)18/h2-7,9,18H,8H2,1H3,(H,17,19). The Kier molecular flexibility index (Phi) is 5.57. The van der Waals surface area contributed by atoms with Gasteiger partial charge in [-0.1, -0.05) is 22.0 Å². The molecule has 0 radical (unpaired) electrons. The maximum Gasteiger partial charge on any atom is 0.342 e. The molecule has 0 spiro atoms. The lowest BCUT2D eigenvalue weighted by molar-refractivity contribution is -0.124. The summed E-state index contributed by atoms with van der Waals surface area (Å²) in [7, 11) is 0. The molecule has 1 aromatic carbocycles. The zero-order valence-corrected chi connectivity index (χ0v) is 14.1. The Bertz CT molecular complexity index is 672. The highest BCUT2D eigenvalue weighted by Crippen LogP contribution is 2.22. The van der Waals surface area contributed by atoms with Gasteiger partial charge in [-0.05, 0) is 36.6 Å². The van der Waals surface area contributed by atoms with E-state index in [1.54, 1.807) is 6.07 Å². The van der Waals surface area contributed by atoms with Gasteiger partial charge in [-0.25, -0.2) is 4.79 Å². The van der Waals surface area contributed by atoms with Crippen molar-refractivity contribution >= 4 is 39.1 Å². The molecular weight excluding hydrogens is 370 g/mol. The maximum absolute atomic E-state index is 11.9. The number of phenolic OH excluding ortho intramolecular Hbond substituents is 1. The Morgan fingerprint density at radius 1 is 1.41 bits per heavy atom. The van der Waals surface area contributed by atoms with E-state index < -0.39 is 18.5 Å². The van der Waals surface area contributed by atoms with Crippen LogP contribution in [0.1, 0.15) is 28.2 Å². The minimum absolute atomic E-state index is 0.00785. The van der Waals surface area contributed by atoms with Crippen LogP contribution in [0.25, 0.3) is 0 Å². The summed E-state index contributed by atoms with van der Waals surface area (Å²) in [4.78, 5) is 24.7. The van der Waals surface area contributed by atoms with E-state index in [0.29, 0.717) is 4.47 Å². The molecule has 0 bridgehead atoms. The van der Waals surface area contributed by atoms with Crippen LogP contribution in [0.2, 0.25) is 0 Å². The fourth-order valence-corrected chi connectivity index (χ4v) is 2.87. The number of thiophene rings is 1. The van der Waals surface area contributed by atoms with Crippen molar-refractivity contribution in [3.05, 3.63) is 50.6 Å². The van der Waals surface area contributed by atoms with Crippen LogP contribution in [-0.4, -0.2) is 23.6 Å². The highest BCUT2D eigenvalue weighted by Gasteiger charge is 2.16. The van der Waals surface area contributed by atoms with Crippen molar-refractivity contribution in [2.45, 2.75) is 13.0 Å². The van der Waals surface area contributed by atoms with Gasteiger partial charge in [-0.2, -0.15) is 0 Å². The van der Waals surface area contributed by atoms with E-state index >= 15 is 0 Å². The third-order valence-electron chi connectivity index (χ3n) is 2.86. The monoisotopic (exact) mass is 383 g/mol. The van der Waals surface area contributed by atoms with Crippen molar-refractivity contribution in [3.63, 3.8) is 0 Å². The molecule has 0 fully saturated rings. The lowest BCUT2D eigenvalue weighted by atomic mass is 10.2. The number of benzene rings is 1. The summed E-state index contributed by atoms with van der Waals surface area (Å²) in [5, 5.41) is 14.3. The fraction of sp³-hybridized carbons (Fsp3) is 0.200. The minimum atomic E-state index is -0.752. The number of hydrogen-bond acceptors (Lipinski definition) is 5. The van der Waals surface area contributed by atoms with Crippen molar-refractivity contribution < 1.29 is 19.4 Å². The molecule has 2 aromatic rings. The SMILES string of the molecule is CC(NC(=O)COC(=O)c1cc(Br)ccc1O)c1cccs1. The summed E-state index contributed by atoms with van der Waals surface area (Å²) < 4.78 is 5.55. The number of carbonyl (C=O) groups excluding carboxylic acids is 2. The van der Waals surface area contributed by atoms with Crippen LogP contribution in [0.5, 0.6) is 5.75 Å². The molecule has 1 amide bonds. The summed E-state index contributed by atoms with van der Waals surface area (Å²) in [6, 6.07) is 8.08. The zero-order chi connectivity index (χ0) is 16.1. The number of halogens is 1. The third-order valence-corrected chi connectivity index (χ3v) is 4.41. The van der Waals surface area contributed by atoms with Crippen molar-refractivity contribution in [3.8, 4) is 5.75 Å². The van der Waals surface area contributed by atoms with Gasteiger partial charge >= 0.3 is 5.97 Å². The second kappa shape index (κ2) is 7.42. The average molecular weight is 384 g/mol. The van der Waals surface area contributed by atoms with Crippen molar-refractivity contribution in [1.82, 2.24) is 5.32 Å². The molecule has 0 saturated heterocycles. The van der Waals surface area contributed by atoms with Gasteiger partial charge in [-0.15, -0.1) is 11.3 Å². The third kappa shape index (κ3) is 4.32. The number of nitrogens with one attached hydrogen (secondary N) is 1. The first-order valence-corrected chi connectivity index (χ1v) is 8.13.